The molecule has 0 amide bonds. The number of hydrogen-bond acceptors (Lipinski definition) is 4. The zero-order valence-corrected chi connectivity index (χ0v) is 15.9. The summed E-state index contributed by atoms with van der Waals surface area (Å²) in [5.74, 6) is 1.75. The van der Waals surface area contributed by atoms with Crippen LogP contribution >= 0.6 is 0 Å². The molecule has 2 fully saturated rings. The van der Waals surface area contributed by atoms with Crippen molar-refractivity contribution in [2.45, 2.75) is 38.8 Å². The molecule has 1 aromatic heterocycles. The van der Waals surface area contributed by atoms with Crippen molar-refractivity contribution >= 4 is 0 Å². The van der Waals surface area contributed by atoms with Crippen molar-refractivity contribution in [1.82, 2.24) is 9.88 Å². The van der Waals surface area contributed by atoms with Crippen molar-refractivity contribution < 1.29 is 9.84 Å². The zero-order chi connectivity index (χ0) is 18.3. The lowest BCUT2D eigenvalue weighted by Crippen LogP contribution is -2.35. The van der Waals surface area contributed by atoms with Gasteiger partial charge in [-0.1, -0.05) is 23.8 Å². The highest BCUT2D eigenvalue weighted by atomic mass is 16.5. The van der Waals surface area contributed by atoms with Gasteiger partial charge in [-0.15, -0.1) is 0 Å². The number of hydrogen-bond donors (Lipinski definition) is 1. The topological polar surface area (TPSA) is 45.6 Å². The van der Waals surface area contributed by atoms with E-state index in [1.54, 1.807) is 7.11 Å². The Bertz CT molecular complexity index is 789. The number of aliphatic hydroxyl groups is 1. The molecule has 138 valence electrons. The standard InChI is InChI=1S/C22H28N2O2/c1-15-4-6-20(26-3)18(10-15)13-24-12-17-8-9-22(25,19(17)14-24)21-7-5-16(2)11-23-21/h4-7,10-11,17,19,25H,8-9,12-14H2,1-3H3. The van der Waals surface area contributed by atoms with E-state index in [2.05, 4.69) is 35.0 Å². The van der Waals surface area contributed by atoms with Gasteiger partial charge in [0.2, 0.25) is 0 Å². The average molecular weight is 352 g/mol. The van der Waals surface area contributed by atoms with Gasteiger partial charge in [-0.2, -0.15) is 0 Å². The predicted octanol–water partition coefficient (Wildman–Crippen LogP) is 3.44. The molecule has 1 N–H and O–H groups in total. The van der Waals surface area contributed by atoms with Gasteiger partial charge in [0.05, 0.1) is 12.8 Å². The number of aryl methyl sites for hydroxylation is 2. The highest BCUT2D eigenvalue weighted by Crippen LogP contribution is 2.50. The van der Waals surface area contributed by atoms with E-state index in [1.165, 1.54) is 11.1 Å². The predicted molar refractivity (Wildman–Crippen MR) is 102 cm³/mol. The van der Waals surface area contributed by atoms with Crippen molar-refractivity contribution in [3.8, 4) is 5.75 Å². The molecule has 0 radical (unpaired) electrons. The number of fused-ring (bicyclic) bond motifs is 1. The number of benzene rings is 1. The Morgan fingerprint density at radius 1 is 1.19 bits per heavy atom. The van der Waals surface area contributed by atoms with Crippen LogP contribution in [0.5, 0.6) is 5.75 Å². The lowest BCUT2D eigenvalue weighted by molar-refractivity contribution is -0.0108. The van der Waals surface area contributed by atoms with Crippen LogP contribution in [-0.4, -0.2) is 35.2 Å². The number of likely N-dealkylation sites (tertiary alicyclic amines) is 1. The zero-order valence-electron chi connectivity index (χ0n) is 15.9. The monoisotopic (exact) mass is 352 g/mol. The summed E-state index contributed by atoms with van der Waals surface area (Å²) < 4.78 is 5.54. The first kappa shape index (κ1) is 17.5. The maximum Gasteiger partial charge on any atom is 0.123 e. The normalized spacial score (nSPS) is 28.3. The SMILES string of the molecule is COc1ccc(C)cc1CN1CC2CCC(O)(c3ccc(C)cn3)C2C1. The minimum atomic E-state index is -0.788. The van der Waals surface area contributed by atoms with Crippen LogP contribution < -0.4 is 4.74 Å². The van der Waals surface area contributed by atoms with Crippen molar-refractivity contribution in [1.29, 1.82) is 0 Å². The van der Waals surface area contributed by atoms with Crippen molar-refractivity contribution in [3.63, 3.8) is 0 Å². The Morgan fingerprint density at radius 2 is 2.00 bits per heavy atom. The smallest absolute Gasteiger partial charge is 0.123 e. The van der Waals surface area contributed by atoms with Gasteiger partial charge >= 0.3 is 0 Å². The second kappa shape index (κ2) is 6.67. The maximum atomic E-state index is 11.4. The lowest BCUT2D eigenvalue weighted by Gasteiger charge is -2.30. The van der Waals surface area contributed by atoms with Gasteiger partial charge in [-0.05, 0) is 50.3 Å². The Kier molecular flexibility index (Phi) is 4.49. The van der Waals surface area contributed by atoms with Gasteiger partial charge in [0.25, 0.3) is 0 Å². The summed E-state index contributed by atoms with van der Waals surface area (Å²) in [6.45, 7) is 6.97. The summed E-state index contributed by atoms with van der Waals surface area (Å²) >= 11 is 0. The molecular weight excluding hydrogens is 324 g/mol. The molecular formula is C22H28N2O2. The van der Waals surface area contributed by atoms with Crippen molar-refractivity contribution in [3.05, 3.63) is 58.9 Å². The third-order valence-corrected chi connectivity index (χ3v) is 6.21. The van der Waals surface area contributed by atoms with E-state index in [-0.39, 0.29) is 5.92 Å². The van der Waals surface area contributed by atoms with E-state index in [9.17, 15) is 5.11 Å². The van der Waals surface area contributed by atoms with E-state index in [0.29, 0.717) is 5.92 Å². The van der Waals surface area contributed by atoms with Crippen LogP contribution in [0.3, 0.4) is 0 Å². The van der Waals surface area contributed by atoms with Gasteiger partial charge in [0, 0.05) is 37.3 Å². The summed E-state index contributed by atoms with van der Waals surface area (Å²) in [4.78, 5) is 7.02. The summed E-state index contributed by atoms with van der Waals surface area (Å²) in [5, 5.41) is 11.4. The average Bonchev–Trinajstić information content (AvgIpc) is 3.16. The Balaban J connectivity index is 1.53. The maximum absolute atomic E-state index is 11.4. The quantitative estimate of drug-likeness (QED) is 0.916. The van der Waals surface area contributed by atoms with Gasteiger partial charge in [0.1, 0.15) is 11.4 Å². The van der Waals surface area contributed by atoms with Crippen LogP contribution in [0.25, 0.3) is 0 Å². The third-order valence-electron chi connectivity index (χ3n) is 6.21. The molecule has 0 bridgehead atoms. The van der Waals surface area contributed by atoms with Crippen LogP contribution in [0, 0.1) is 25.7 Å². The molecule has 1 aromatic carbocycles. The lowest BCUT2D eigenvalue weighted by atomic mass is 9.85. The number of aromatic nitrogens is 1. The van der Waals surface area contributed by atoms with Gasteiger partial charge < -0.3 is 9.84 Å². The molecule has 1 saturated heterocycles. The van der Waals surface area contributed by atoms with Crippen molar-refractivity contribution in [2.24, 2.45) is 11.8 Å². The number of ether oxygens (including phenoxy) is 1. The first-order valence-corrected chi connectivity index (χ1v) is 9.51. The van der Waals surface area contributed by atoms with E-state index < -0.39 is 5.60 Å². The van der Waals surface area contributed by atoms with Gasteiger partial charge in [0.15, 0.2) is 0 Å². The summed E-state index contributed by atoms with van der Waals surface area (Å²) in [7, 11) is 1.73. The van der Waals surface area contributed by atoms with E-state index in [1.807, 2.05) is 25.3 Å². The molecule has 3 unspecified atom stereocenters. The van der Waals surface area contributed by atoms with Gasteiger partial charge in [-0.25, -0.2) is 0 Å². The molecule has 1 saturated carbocycles. The summed E-state index contributed by atoms with van der Waals surface area (Å²) in [6.07, 6.45) is 3.75. The molecule has 4 nitrogen and oxygen atoms in total. The minimum Gasteiger partial charge on any atom is -0.496 e. The molecule has 0 spiro atoms. The molecule has 1 aliphatic heterocycles. The fourth-order valence-corrected chi connectivity index (χ4v) is 4.83. The molecule has 2 heterocycles. The van der Waals surface area contributed by atoms with Crippen LogP contribution in [0.4, 0.5) is 0 Å². The summed E-state index contributed by atoms with van der Waals surface area (Å²) in [5.41, 5.74) is 3.66. The van der Waals surface area contributed by atoms with Crippen LogP contribution in [0.15, 0.2) is 36.5 Å². The number of methoxy groups -OCH3 is 1. The Labute approximate surface area is 155 Å². The highest BCUT2D eigenvalue weighted by molar-refractivity contribution is 5.37. The van der Waals surface area contributed by atoms with Gasteiger partial charge in [-0.3, -0.25) is 9.88 Å². The van der Waals surface area contributed by atoms with E-state index in [0.717, 1.165) is 49.5 Å². The van der Waals surface area contributed by atoms with E-state index >= 15 is 0 Å². The van der Waals surface area contributed by atoms with Crippen LogP contribution in [0.1, 0.15) is 35.2 Å². The molecule has 4 rings (SSSR count). The number of rotatable bonds is 4. The van der Waals surface area contributed by atoms with Crippen molar-refractivity contribution in [2.75, 3.05) is 20.2 Å². The highest BCUT2D eigenvalue weighted by Gasteiger charge is 2.53. The third kappa shape index (κ3) is 3.01. The molecule has 1 aliphatic carbocycles. The first-order valence-electron chi connectivity index (χ1n) is 9.51. The number of pyridine rings is 1. The summed E-state index contributed by atoms with van der Waals surface area (Å²) in [6, 6.07) is 10.4. The molecule has 2 aliphatic rings. The first-order chi connectivity index (χ1) is 12.5. The molecule has 3 atom stereocenters. The second-order valence-electron chi connectivity index (χ2n) is 8.06. The minimum absolute atomic E-state index is 0.258. The molecule has 2 aromatic rings. The fraction of sp³-hybridized carbons (Fsp3) is 0.500. The largest absolute Gasteiger partial charge is 0.496 e. The fourth-order valence-electron chi connectivity index (χ4n) is 4.83. The molecule has 4 heteroatoms. The van der Waals surface area contributed by atoms with E-state index in [4.69, 9.17) is 4.74 Å². The second-order valence-corrected chi connectivity index (χ2v) is 8.06. The Morgan fingerprint density at radius 3 is 2.73 bits per heavy atom. The molecule has 26 heavy (non-hydrogen) atoms. The Hall–Kier alpha value is -1.91. The van der Waals surface area contributed by atoms with Crippen LogP contribution in [0.2, 0.25) is 0 Å². The van der Waals surface area contributed by atoms with Crippen LogP contribution in [-0.2, 0) is 12.1 Å². The number of nitrogens with zero attached hydrogens (tertiary/aromatic N) is 2.